The Labute approximate surface area is 449 Å². The first-order valence-electron chi connectivity index (χ1n) is 29.7. The Kier molecular flexibility index (Phi) is 56.4. The summed E-state index contributed by atoms with van der Waals surface area (Å²) in [5, 5.41) is 0. The molecule has 0 rings (SSSR count). The standard InChI is InChI=1S/C67H108O6/c1-4-7-10-13-16-19-22-25-27-29-31-33-35-37-39-42-45-48-51-54-57-60-66(69)72-63-64(62-71-65(68)59-56-53-50-47-44-41-24-21-18-15-12-9-6-3)73-67(70)61-58-55-52-49-46-43-40-38-36-34-32-30-28-26-23-20-17-14-11-8-5-2/h7-8,10-11,16-17,19-21,24-28,31-34,37,39,45,48,64H,4-6,9,12-15,18,22-23,29-30,35-36,38,40-44,46-47,49-63H2,1-3H3/b10-7-,11-8-,19-16-,20-17-,24-21-,27-25-,28-26-,33-31-,34-32-,39-37-,48-45-. The third-order valence-electron chi connectivity index (χ3n) is 12.1. The van der Waals surface area contributed by atoms with Crippen LogP contribution in [-0.2, 0) is 28.6 Å². The maximum Gasteiger partial charge on any atom is 0.306 e. The van der Waals surface area contributed by atoms with Crippen LogP contribution in [0.2, 0.25) is 0 Å². The number of hydrogen-bond donors (Lipinski definition) is 0. The second kappa shape index (κ2) is 60.1. The van der Waals surface area contributed by atoms with Crippen LogP contribution >= 0.6 is 0 Å². The summed E-state index contributed by atoms with van der Waals surface area (Å²) in [6.07, 6.45) is 84.4. The molecule has 0 amide bonds. The molecule has 0 aliphatic rings. The van der Waals surface area contributed by atoms with Crippen molar-refractivity contribution in [2.45, 2.75) is 258 Å². The number of ether oxygens (including phenoxy) is 3. The van der Waals surface area contributed by atoms with E-state index >= 15 is 0 Å². The van der Waals surface area contributed by atoms with Crippen LogP contribution in [0.1, 0.15) is 252 Å². The van der Waals surface area contributed by atoms with Crippen LogP contribution < -0.4 is 0 Å². The first-order chi connectivity index (χ1) is 36.0. The topological polar surface area (TPSA) is 78.9 Å². The monoisotopic (exact) mass is 1010 g/mol. The van der Waals surface area contributed by atoms with Crippen LogP contribution in [0.25, 0.3) is 0 Å². The van der Waals surface area contributed by atoms with Crippen molar-refractivity contribution in [2.24, 2.45) is 0 Å². The second-order valence-corrected chi connectivity index (χ2v) is 19.1. The van der Waals surface area contributed by atoms with Crippen molar-refractivity contribution in [3.05, 3.63) is 134 Å². The molecule has 0 saturated heterocycles. The van der Waals surface area contributed by atoms with Crippen molar-refractivity contribution in [1.82, 2.24) is 0 Å². The Balaban J connectivity index is 4.49. The average molecular weight is 1010 g/mol. The summed E-state index contributed by atoms with van der Waals surface area (Å²) in [4.78, 5) is 38.2. The highest BCUT2D eigenvalue weighted by Crippen LogP contribution is 2.14. The highest BCUT2D eigenvalue weighted by molar-refractivity contribution is 5.71. The molecular formula is C67H108O6. The van der Waals surface area contributed by atoms with Gasteiger partial charge in [-0.25, -0.2) is 0 Å². The fourth-order valence-electron chi connectivity index (χ4n) is 7.72. The Hall–Kier alpha value is -4.45. The second-order valence-electron chi connectivity index (χ2n) is 19.1. The average Bonchev–Trinajstić information content (AvgIpc) is 3.39. The molecule has 0 aliphatic carbocycles. The van der Waals surface area contributed by atoms with Crippen molar-refractivity contribution in [3.8, 4) is 0 Å². The lowest BCUT2D eigenvalue weighted by Gasteiger charge is -2.18. The first kappa shape index (κ1) is 68.6. The quantitative estimate of drug-likeness (QED) is 0.0261. The van der Waals surface area contributed by atoms with Gasteiger partial charge in [0.25, 0.3) is 0 Å². The molecule has 6 heteroatoms. The highest BCUT2D eigenvalue weighted by atomic mass is 16.6. The Morgan fingerprint density at radius 3 is 0.877 bits per heavy atom. The van der Waals surface area contributed by atoms with Crippen molar-refractivity contribution in [3.63, 3.8) is 0 Å². The maximum absolute atomic E-state index is 12.9. The molecule has 0 spiro atoms. The van der Waals surface area contributed by atoms with Gasteiger partial charge in [-0.3, -0.25) is 14.4 Å². The van der Waals surface area contributed by atoms with E-state index in [0.29, 0.717) is 25.7 Å². The molecule has 0 aromatic carbocycles. The fourth-order valence-corrected chi connectivity index (χ4v) is 7.72. The molecule has 0 saturated carbocycles. The minimum Gasteiger partial charge on any atom is -0.462 e. The molecule has 0 radical (unpaired) electrons. The van der Waals surface area contributed by atoms with Gasteiger partial charge in [0, 0.05) is 19.3 Å². The first-order valence-corrected chi connectivity index (χ1v) is 29.7. The predicted molar refractivity (Wildman–Crippen MR) is 316 cm³/mol. The maximum atomic E-state index is 12.9. The van der Waals surface area contributed by atoms with Gasteiger partial charge in [-0.1, -0.05) is 231 Å². The lowest BCUT2D eigenvalue weighted by Crippen LogP contribution is -2.30. The van der Waals surface area contributed by atoms with Gasteiger partial charge in [0.2, 0.25) is 0 Å². The normalized spacial score (nSPS) is 13.1. The molecule has 412 valence electrons. The Morgan fingerprint density at radius 2 is 0.534 bits per heavy atom. The molecule has 0 aromatic heterocycles. The van der Waals surface area contributed by atoms with Crippen LogP contribution in [0.3, 0.4) is 0 Å². The van der Waals surface area contributed by atoms with Crippen LogP contribution in [-0.4, -0.2) is 37.2 Å². The number of esters is 3. The number of hydrogen-bond acceptors (Lipinski definition) is 6. The molecule has 0 bridgehead atoms. The molecule has 1 atom stereocenters. The summed E-state index contributed by atoms with van der Waals surface area (Å²) in [6, 6.07) is 0. The fraction of sp³-hybridized carbons (Fsp3) is 0.627. The minimum absolute atomic E-state index is 0.104. The van der Waals surface area contributed by atoms with E-state index in [1.54, 1.807) is 0 Å². The Bertz CT molecular complexity index is 1580. The molecule has 0 fully saturated rings. The van der Waals surface area contributed by atoms with Gasteiger partial charge in [-0.15, -0.1) is 0 Å². The van der Waals surface area contributed by atoms with Crippen molar-refractivity contribution in [1.29, 1.82) is 0 Å². The van der Waals surface area contributed by atoms with Crippen molar-refractivity contribution < 1.29 is 28.6 Å². The van der Waals surface area contributed by atoms with E-state index in [-0.39, 0.29) is 31.1 Å². The van der Waals surface area contributed by atoms with Gasteiger partial charge < -0.3 is 14.2 Å². The molecule has 0 N–H and O–H groups in total. The zero-order chi connectivity index (χ0) is 52.9. The van der Waals surface area contributed by atoms with Crippen LogP contribution in [0.5, 0.6) is 0 Å². The molecule has 0 aliphatic heterocycles. The van der Waals surface area contributed by atoms with E-state index in [1.165, 1.54) is 70.6 Å². The Morgan fingerprint density at radius 1 is 0.288 bits per heavy atom. The summed E-state index contributed by atoms with van der Waals surface area (Å²) in [6.45, 7) is 6.34. The predicted octanol–water partition coefficient (Wildman–Crippen LogP) is 20.2. The molecular weight excluding hydrogens is 901 g/mol. The van der Waals surface area contributed by atoms with E-state index < -0.39 is 6.10 Å². The minimum atomic E-state index is -0.810. The van der Waals surface area contributed by atoms with Gasteiger partial charge in [-0.05, 0) is 135 Å². The lowest BCUT2D eigenvalue weighted by atomic mass is 10.1. The van der Waals surface area contributed by atoms with Gasteiger partial charge >= 0.3 is 17.9 Å². The molecule has 1 unspecified atom stereocenters. The van der Waals surface area contributed by atoms with Crippen LogP contribution in [0, 0.1) is 0 Å². The van der Waals surface area contributed by atoms with E-state index in [0.717, 1.165) is 135 Å². The summed E-state index contributed by atoms with van der Waals surface area (Å²) in [5.41, 5.74) is 0. The van der Waals surface area contributed by atoms with Crippen LogP contribution in [0.4, 0.5) is 0 Å². The van der Waals surface area contributed by atoms with Crippen molar-refractivity contribution >= 4 is 17.9 Å². The summed E-state index contributed by atoms with van der Waals surface area (Å²) in [5.74, 6) is -0.967. The number of carbonyl (C=O) groups is 3. The zero-order valence-corrected chi connectivity index (χ0v) is 47.1. The van der Waals surface area contributed by atoms with Gasteiger partial charge in [0.05, 0.1) is 0 Å². The summed E-state index contributed by atoms with van der Waals surface area (Å²) in [7, 11) is 0. The smallest absolute Gasteiger partial charge is 0.306 e. The van der Waals surface area contributed by atoms with E-state index in [4.69, 9.17) is 14.2 Å². The number of carbonyl (C=O) groups excluding carboxylic acids is 3. The van der Waals surface area contributed by atoms with Crippen LogP contribution in [0.15, 0.2) is 134 Å². The van der Waals surface area contributed by atoms with E-state index in [9.17, 15) is 14.4 Å². The summed E-state index contributed by atoms with van der Waals surface area (Å²) < 4.78 is 16.8. The molecule has 6 nitrogen and oxygen atoms in total. The third kappa shape index (κ3) is 58.3. The molecule has 0 heterocycles. The van der Waals surface area contributed by atoms with Gasteiger partial charge in [0.15, 0.2) is 6.10 Å². The lowest BCUT2D eigenvalue weighted by molar-refractivity contribution is -0.167. The third-order valence-corrected chi connectivity index (χ3v) is 12.1. The van der Waals surface area contributed by atoms with E-state index in [1.807, 2.05) is 0 Å². The number of rotatable bonds is 52. The molecule has 73 heavy (non-hydrogen) atoms. The highest BCUT2D eigenvalue weighted by Gasteiger charge is 2.19. The number of allylic oxidation sites excluding steroid dienone is 22. The van der Waals surface area contributed by atoms with Gasteiger partial charge in [0.1, 0.15) is 13.2 Å². The van der Waals surface area contributed by atoms with Crippen molar-refractivity contribution in [2.75, 3.05) is 13.2 Å². The SMILES string of the molecule is CC/C=C\C/C=C\C/C=C\C/C=C\C/C=C\C/C=C\CCCCC(=O)OCC(COC(=O)CCCCCCC/C=C\CCCCCC)OC(=O)CCCCCCCCCC/C=C\C/C=C\C/C=C\C/C=C\CC. The number of unbranched alkanes of at least 4 members (excludes halogenated alkanes) is 19. The van der Waals surface area contributed by atoms with Gasteiger partial charge in [-0.2, -0.15) is 0 Å². The van der Waals surface area contributed by atoms with E-state index in [2.05, 4.69) is 154 Å². The zero-order valence-electron chi connectivity index (χ0n) is 47.1. The molecule has 0 aromatic rings. The largest absolute Gasteiger partial charge is 0.462 e. The summed E-state index contributed by atoms with van der Waals surface area (Å²) >= 11 is 0.